The van der Waals surface area contributed by atoms with Crippen molar-refractivity contribution in [1.29, 1.82) is 5.26 Å². The zero-order valence-electron chi connectivity index (χ0n) is 11.8. The van der Waals surface area contributed by atoms with Crippen LogP contribution in [-0.4, -0.2) is 39.0 Å². The van der Waals surface area contributed by atoms with Crippen LogP contribution in [0.25, 0.3) is 0 Å². The Kier molecular flexibility index (Phi) is 4.93. The molecule has 0 aromatic heterocycles. The van der Waals surface area contributed by atoms with Crippen LogP contribution >= 0.6 is 0 Å². The maximum absolute atomic E-state index is 13.5. The number of benzene rings is 1. The molecule has 0 spiro atoms. The molecule has 1 aromatic carbocycles. The second-order valence-electron chi connectivity index (χ2n) is 5.17. The van der Waals surface area contributed by atoms with Gasteiger partial charge in [0, 0.05) is 12.6 Å². The minimum absolute atomic E-state index is 0.0707. The molecule has 7 heteroatoms. The Morgan fingerprint density at radius 3 is 2.71 bits per heavy atom. The molecule has 0 saturated carbocycles. The summed E-state index contributed by atoms with van der Waals surface area (Å²) in [6.45, 7) is 4.12. The lowest BCUT2D eigenvalue weighted by Crippen LogP contribution is -2.40. The molecule has 1 aliphatic heterocycles. The molecule has 0 radical (unpaired) electrons. The van der Waals surface area contributed by atoms with Crippen molar-refractivity contribution in [3.05, 3.63) is 29.6 Å². The van der Waals surface area contributed by atoms with E-state index in [0.29, 0.717) is 0 Å². The fourth-order valence-corrected chi connectivity index (χ4v) is 3.74. The van der Waals surface area contributed by atoms with Crippen LogP contribution in [0.4, 0.5) is 4.39 Å². The summed E-state index contributed by atoms with van der Waals surface area (Å²) in [7, 11) is -3.89. The largest absolute Gasteiger partial charge is 0.299 e. The second kappa shape index (κ2) is 6.52. The number of nitrogens with zero attached hydrogens (tertiary/aromatic N) is 2. The van der Waals surface area contributed by atoms with Gasteiger partial charge in [0.05, 0.1) is 0 Å². The number of nitriles is 1. The van der Waals surface area contributed by atoms with Gasteiger partial charge in [-0.05, 0) is 45.0 Å². The molecule has 1 unspecified atom stereocenters. The summed E-state index contributed by atoms with van der Waals surface area (Å²) >= 11 is 0. The SMILES string of the molecule is CC(CNS(=O)(=O)c1cccc(F)c1C#N)N1CCCC1. The minimum Gasteiger partial charge on any atom is -0.299 e. The molecule has 1 aromatic rings. The number of rotatable bonds is 5. The van der Waals surface area contributed by atoms with Gasteiger partial charge in [-0.1, -0.05) is 6.07 Å². The van der Waals surface area contributed by atoms with Crippen LogP contribution < -0.4 is 4.72 Å². The highest BCUT2D eigenvalue weighted by atomic mass is 32.2. The third kappa shape index (κ3) is 3.59. The standard InChI is InChI=1S/C14H18FN3O2S/c1-11(18-7-2-3-8-18)10-17-21(19,20)14-6-4-5-13(15)12(14)9-16/h4-6,11,17H,2-3,7-8,10H2,1H3. The minimum atomic E-state index is -3.89. The van der Waals surface area contributed by atoms with Gasteiger partial charge in [0.1, 0.15) is 22.3 Å². The molecule has 1 atom stereocenters. The van der Waals surface area contributed by atoms with E-state index >= 15 is 0 Å². The summed E-state index contributed by atoms with van der Waals surface area (Å²) in [5.41, 5.74) is -0.446. The van der Waals surface area contributed by atoms with E-state index in [2.05, 4.69) is 9.62 Å². The summed E-state index contributed by atoms with van der Waals surface area (Å²) in [6, 6.07) is 5.28. The normalized spacial score (nSPS) is 17.6. The highest BCUT2D eigenvalue weighted by molar-refractivity contribution is 7.89. The fourth-order valence-electron chi connectivity index (χ4n) is 2.46. The van der Waals surface area contributed by atoms with Crippen molar-refractivity contribution in [3.8, 4) is 6.07 Å². The van der Waals surface area contributed by atoms with Crippen molar-refractivity contribution >= 4 is 10.0 Å². The Morgan fingerprint density at radius 1 is 1.43 bits per heavy atom. The lowest BCUT2D eigenvalue weighted by Gasteiger charge is -2.23. The van der Waals surface area contributed by atoms with E-state index in [4.69, 9.17) is 5.26 Å². The monoisotopic (exact) mass is 311 g/mol. The maximum atomic E-state index is 13.5. The second-order valence-corrected chi connectivity index (χ2v) is 6.90. The van der Waals surface area contributed by atoms with E-state index < -0.39 is 21.4 Å². The van der Waals surface area contributed by atoms with Crippen molar-refractivity contribution in [1.82, 2.24) is 9.62 Å². The van der Waals surface area contributed by atoms with E-state index in [0.717, 1.165) is 32.0 Å². The van der Waals surface area contributed by atoms with Crippen LogP contribution in [0.3, 0.4) is 0 Å². The van der Waals surface area contributed by atoms with Crippen molar-refractivity contribution in [2.75, 3.05) is 19.6 Å². The molecule has 2 rings (SSSR count). The van der Waals surface area contributed by atoms with Crippen LogP contribution in [0, 0.1) is 17.1 Å². The van der Waals surface area contributed by atoms with Gasteiger partial charge in [0.2, 0.25) is 10.0 Å². The molecule has 114 valence electrons. The van der Waals surface area contributed by atoms with Crippen molar-refractivity contribution in [2.45, 2.75) is 30.7 Å². The van der Waals surface area contributed by atoms with Crippen molar-refractivity contribution in [2.24, 2.45) is 0 Å². The van der Waals surface area contributed by atoms with Gasteiger partial charge in [-0.15, -0.1) is 0 Å². The van der Waals surface area contributed by atoms with Gasteiger partial charge in [-0.2, -0.15) is 5.26 Å². The van der Waals surface area contributed by atoms with Gasteiger partial charge in [0.15, 0.2) is 0 Å². The third-order valence-electron chi connectivity index (χ3n) is 3.71. The lowest BCUT2D eigenvalue weighted by molar-refractivity contribution is 0.260. The van der Waals surface area contributed by atoms with Crippen LogP contribution in [0.2, 0.25) is 0 Å². The van der Waals surface area contributed by atoms with Gasteiger partial charge >= 0.3 is 0 Å². The molecular weight excluding hydrogens is 293 g/mol. The maximum Gasteiger partial charge on any atom is 0.242 e. The van der Waals surface area contributed by atoms with Crippen LogP contribution in [0.5, 0.6) is 0 Å². The molecule has 0 bridgehead atoms. The molecule has 21 heavy (non-hydrogen) atoms. The van der Waals surface area contributed by atoms with E-state index in [1.165, 1.54) is 12.1 Å². The Bertz CT molecular complexity index is 649. The Hall–Kier alpha value is -1.49. The number of likely N-dealkylation sites (tertiary alicyclic amines) is 1. The first-order chi connectivity index (χ1) is 9.95. The Balaban J connectivity index is 2.12. The smallest absolute Gasteiger partial charge is 0.242 e. The molecule has 1 aliphatic rings. The van der Waals surface area contributed by atoms with Crippen molar-refractivity contribution in [3.63, 3.8) is 0 Å². The van der Waals surface area contributed by atoms with Gasteiger partial charge in [-0.3, -0.25) is 4.90 Å². The van der Waals surface area contributed by atoms with Gasteiger partial charge in [0.25, 0.3) is 0 Å². The number of hydrogen-bond donors (Lipinski definition) is 1. The van der Waals surface area contributed by atoms with E-state index in [9.17, 15) is 12.8 Å². The molecule has 1 heterocycles. The predicted octanol–water partition coefficient (Wildman–Crippen LogP) is 1.46. The predicted molar refractivity (Wildman–Crippen MR) is 76.6 cm³/mol. The molecule has 0 aliphatic carbocycles. The Morgan fingerprint density at radius 2 is 2.10 bits per heavy atom. The Labute approximate surface area is 124 Å². The fraction of sp³-hybridized carbons (Fsp3) is 0.500. The summed E-state index contributed by atoms with van der Waals surface area (Å²) in [5, 5.41) is 8.92. The number of hydrogen-bond acceptors (Lipinski definition) is 4. The average molecular weight is 311 g/mol. The van der Waals surface area contributed by atoms with Gasteiger partial charge < -0.3 is 0 Å². The lowest BCUT2D eigenvalue weighted by atomic mass is 10.2. The van der Waals surface area contributed by atoms with Crippen molar-refractivity contribution < 1.29 is 12.8 Å². The van der Waals surface area contributed by atoms with E-state index in [1.807, 2.05) is 6.92 Å². The summed E-state index contributed by atoms with van der Waals surface area (Å²) < 4.78 is 40.4. The first-order valence-corrected chi connectivity index (χ1v) is 8.36. The summed E-state index contributed by atoms with van der Waals surface area (Å²) in [4.78, 5) is 1.90. The number of halogens is 1. The van der Waals surface area contributed by atoms with Crippen LogP contribution in [0.1, 0.15) is 25.3 Å². The molecular formula is C14H18FN3O2S. The van der Waals surface area contributed by atoms with E-state index in [1.54, 1.807) is 6.07 Å². The summed E-state index contributed by atoms with van der Waals surface area (Å²) in [5.74, 6) is -0.826. The van der Waals surface area contributed by atoms with Crippen LogP contribution in [-0.2, 0) is 10.0 Å². The molecule has 5 nitrogen and oxygen atoms in total. The quantitative estimate of drug-likeness (QED) is 0.893. The summed E-state index contributed by atoms with van der Waals surface area (Å²) in [6.07, 6.45) is 2.25. The van der Waals surface area contributed by atoms with E-state index in [-0.39, 0.29) is 17.5 Å². The zero-order valence-corrected chi connectivity index (χ0v) is 12.7. The third-order valence-corrected chi connectivity index (χ3v) is 5.18. The molecule has 0 amide bonds. The highest BCUT2D eigenvalue weighted by Crippen LogP contribution is 2.18. The molecule has 1 N–H and O–H groups in total. The molecule has 1 saturated heterocycles. The number of nitrogens with one attached hydrogen (secondary N) is 1. The first kappa shape index (κ1) is 15.9. The molecule has 1 fully saturated rings. The highest BCUT2D eigenvalue weighted by Gasteiger charge is 2.24. The van der Waals surface area contributed by atoms with Crippen LogP contribution in [0.15, 0.2) is 23.1 Å². The topological polar surface area (TPSA) is 73.2 Å². The zero-order chi connectivity index (χ0) is 15.5. The number of sulfonamides is 1. The van der Waals surface area contributed by atoms with Gasteiger partial charge in [-0.25, -0.2) is 17.5 Å². The first-order valence-electron chi connectivity index (χ1n) is 6.88. The average Bonchev–Trinajstić information content (AvgIpc) is 2.99.